The molecular formula is C7H8FNO. The molecule has 1 rings (SSSR count). The summed E-state index contributed by atoms with van der Waals surface area (Å²) in [7, 11) is 0. The maximum absolute atomic E-state index is 12.6. The Balaban J connectivity index is 3.07. The van der Waals surface area contributed by atoms with Crippen LogP contribution in [0.2, 0.25) is 0 Å². The molecule has 3 heteroatoms. The molecule has 0 aliphatic heterocycles. The summed E-state index contributed by atoms with van der Waals surface area (Å²) < 4.78 is 12.6. The minimum Gasteiger partial charge on any atom is -0.392 e. The number of halogens is 1. The minimum absolute atomic E-state index is 0.241. The van der Waals surface area contributed by atoms with Gasteiger partial charge < -0.3 is 5.11 Å². The zero-order chi connectivity index (χ0) is 7.56. The third kappa shape index (κ3) is 1.30. The average molecular weight is 141 g/mol. The topological polar surface area (TPSA) is 33.1 Å². The molecule has 0 saturated heterocycles. The summed E-state index contributed by atoms with van der Waals surface area (Å²) in [5.74, 6) is -0.581. The van der Waals surface area contributed by atoms with Crippen molar-refractivity contribution in [2.75, 3.05) is 0 Å². The molecule has 1 aromatic heterocycles. The SMILES string of the molecule is Cc1ccc(CO)c(F)n1. The van der Waals surface area contributed by atoms with E-state index in [-0.39, 0.29) is 12.2 Å². The molecule has 0 aromatic carbocycles. The number of nitrogens with zero attached hydrogens (tertiary/aromatic N) is 1. The van der Waals surface area contributed by atoms with E-state index in [2.05, 4.69) is 4.98 Å². The lowest BCUT2D eigenvalue weighted by Crippen LogP contribution is -1.94. The highest BCUT2D eigenvalue weighted by molar-refractivity contribution is 5.13. The molecule has 0 fully saturated rings. The van der Waals surface area contributed by atoms with Crippen LogP contribution in [-0.2, 0) is 6.61 Å². The van der Waals surface area contributed by atoms with Gasteiger partial charge in [-0.15, -0.1) is 0 Å². The molecule has 0 aliphatic carbocycles. The van der Waals surface area contributed by atoms with E-state index in [1.807, 2.05) is 0 Å². The van der Waals surface area contributed by atoms with Crippen LogP contribution in [0.4, 0.5) is 4.39 Å². The number of hydrogen-bond donors (Lipinski definition) is 1. The van der Waals surface area contributed by atoms with Gasteiger partial charge in [-0.3, -0.25) is 0 Å². The van der Waals surface area contributed by atoms with Crippen LogP contribution in [0, 0.1) is 12.9 Å². The quantitative estimate of drug-likeness (QED) is 0.592. The van der Waals surface area contributed by atoms with Crippen LogP contribution >= 0.6 is 0 Å². The highest BCUT2D eigenvalue weighted by Crippen LogP contribution is 2.04. The number of aryl methyl sites for hydroxylation is 1. The van der Waals surface area contributed by atoms with Crippen LogP contribution in [0.1, 0.15) is 11.3 Å². The maximum Gasteiger partial charge on any atom is 0.218 e. The lowest BCUT2D eigenvalue weighted by atomic mass is 10.2. The Morgan fingerprint density at radius 3 is 2.80 bits per heavy atom. The normalized spacial score (nSPS) is 9.90. The van der Waals surface area contributed by atoms with Crippen molar-refractivity contribution in [2.24, 2.45) is 0 Å². The van der Waals surface area contributed by atoms with Crippen LogP contribution in [0.15, 0.2) is 12.1 Å². The summed E-state index contributed by atoms with van der Waals surface area (Å²) in [6.07, 6.45) is 0. The summed E-state index contributed by atoms with van der Waals surface area (Å²) in [6.45, 7) is 1.41. The van der Waals surface area contributed by atoms with Crippen molar-refractivity contribution in [3.8, 4) is 0 Å². The van der Waals surface area contributed by atoms with E-state index >= 15 is 0 Å². The van der Waals surface area contributed by atoms with Crippen molar-refractivity contribution in [2.45, 2.75) is 13.5 Å². The van der Waals surface area contributed by atoms with Gasteiger partial charge >= 0.3 is 0 Å². The first-order chi connectivity index (χ1) is 4.74. The smallest absolute Gasteiger partial charge is 0.218 e. The molecule has 1 aromatic rings. The zero-order valence-corrected chi connectivity index (χ0v) is 5.63. The van der Waals surface area contributed by atoms with Crippen molar-refractivity contribution >= 4 is 0 Å². The fourth-order valence-corrected chi connectivity index (χ4v) is 0.672. The molecule has 10 heavy (non-hydrogen) atoms. The molecule has 2 nitrogen and oxygen atoms in total. The first-order valence-corrected chi connectivity index (χ1v) is 2.97. The van der Waals surface area contributed by atoms with Crippen LogP contribution in [0.5, 0.6) is 0 Å². The zero-order valence-electron chi connectivity index (χ0n) is 5.63. The van der Waals surface area contributed by atoms with Crippen LogP contribution in [0.25, 0.3) is 0 Å². The number of rotatable bonds is 1. The molecular weight excluding hydrogens is 133 g/mol. The Bertz CT molecular complexity index is 237. The second-order valence-electron chi connectivity index (χ2n) is 2.06. The molecule has 0 saturated carbocycles. The lowest BCUT2D eigenvalue weighted by molar-refractivity contribution is 0.274. The summed E-state index contributed by atoms with van der Waals surface area (Å²) in [5.41, 5.74) is 0.861. The summed E-state index contributed by atoms with van der Waals surface area (Å²) in [6, 6.07) is 3.19. The average Bonchev–Trinajstić information content (AvgIpc) is 1.88. The first kappa shape index (κ1) is 7.15. The summed E-state index contributed by atoms with van der Waals surface area (Å²) in [4.78, 5) is 3.52. The van der Waals surface area contributed by atoms with Gasteiger partial charge in [-0.2, -0.15) is 4.39 Å². The third-order valence-corrected chi connectivity index (χ3v) is 1.24. The van der Waals surface area contributed by atoms with Crippen LogP contribution in [-0.4, -0.2) is 10.1 Å². The van der Waals surface area contributed by atoms with Crippen molar-refractivity contribution in [3.63, 3.8) is 0 Å². The molecule has 1 N–H and O–H groups in total. The second kappa shape index (κ2) is 2.75. The van der Waals surface area contributed by atoms with E-state index in [0.717, 1.165) is 0 Å². The molecule has 1 heterocycles. The highest BCUT2D eigenvalue weighted by Gasteiger charge is 1.99. The first-order valence-electron chi connectivity index (χ1n) is 2.97. The van der Waals surface area contributed by atoms with Crippen molar-refractivity contribution in [3.05, 3.63) is 29.3 Å². The standard InChI is InChI=1S/C7H8FNO/c1-5-2-3-6(4-10)7(8)9-5/h2-3,10H,4H2,1H3. The van der Waals surface area contributed by atoms with Crippen molar-refractivity contribution < 1.29 is 9.50 Å². The van der Waals surface area contributed by atoms with Gasteiger partial charge in [-0.1, -0.05) is 6.07 Å². The van der Waals surface area contributed by atoms with Gasteiger partial charge in [0.15, 0.2) is 0 Å². The predicted molar refractivity (Wildman–Crippen MR) is 34.9 cm³/mol. The number of aliphatic hydroxyl groups is 1. The Kier molecular flexibility index (Phi) is 1.97. The Labute approximate surface area is 58.3 Å². The lowest BCUT2D eigenvalue weighted by Gasteiger charge is -1.97. The predicted octanol–water partition coefficient (Wildman–Crippen LogP) is 1.02. The third-order valence-electron chi connectivity index (χ3n) is 1.24. The van der Waals surface area contributed by atoms with E-state index < -0.39 is 5.95 Å². The molecule has 0 radical (unpaired) electrons. The summed E-state index contributed by atoms with van der Waals surface area (Å²) in [5, 5.41) is 8.53. The highest BCUT2D eigenvalue weighted by atomic mass is 19.1. The Morgan fingerprint density at radius 1 is 1.60 bits per heavy atom. The van der Waals surface area contributed by atoms with Crippen LogP contribution in [0.3, 0.4) is 0 Å². The number of aromatic nitrogens is 1. The van der Waals surface area contributed by atoms with Crippen molar-refractivity contribution in [1.29, 1.82) is 0 Å². The van der Waals surface area contributed by atoms with E-state index in [4.69, 9.17) is 5.11 Å². The number of aliphatic hydroxyl groups excluding tert-OH is 1. The molecule has 0 atom stereocenters. The Hall–Kier alpha value is -0.960. The molecule has 0 bridgehead atoms. The van der Waals surface area contributed by atoms with Gasteiger partial charge in [0.2, 0.25) is 5.95 Å². The van der Waals surface area contributed by atoms with Gasteiger partial charge in [0.25, 0.3) is 0 Å². The summed E-state index contributed by atoms with van der Waals surface area (Å²) >= 11 is 0. The maximum atomic E-state index is 12.6. The van der Waals surface area contributed by atoms with E-state index in [1.165, 1.54) is 6.07 Å². The van der Waals surface area contributed by atoms with Gasteiger partial charge in [-0.25, -0.2) is 4.98 Å². The Morgan fingerprint density at radius 2 is 2.30 bits per heavy atom. The van der Waals surface area contributed by atoms with Gasteiger partial charge in [-0.05, 0) is 13.0 Å². The van der Waals surface area contributed by atoms with Gasteiger partial charge in [0.1, 0.15) is 0 Å². The minimum atomic E-state index is -0.581. The molecule has 54 valence electrons. The fourth-order valence-electron chi connectivity index (χ4n) is 0.672. The fraction of sp³-hybridized carbons (Fsp3) is 0.286. The number of hydrogen-bond acceptors (Lipinski definition) is 2. The van der Waals surface area contributed by atoms with Crippen LogP contribution < -0.4 is 0 Å². The second-order valence-corrected chi connectivity index (χ2v) is 2.06. The van der Waals surface area contributed by atoms with Gasteiger partial charge in [0, 0.05) is 11.3 Å². The van der Waals surface area contributed by atoms with E-state index in [9.17, 15) is 4.39 Å². The molecule has 0 unspecified atom stereocenters. The number of pyridine rings is 1. The monoisotopic (exact) mass is 141 g/mol. The van der Waals surface area contributed by atoms with Crippen molar-refractivity contribution in [1.82, 2.24) is 4.98 Å². The van der Waals surface area contributed by atoms with Gasteiger partial charge in [0.05, 0.1) is 6.61 Å². The molecule has 0 aliphatic rings. The largest absolute Gasteiger partial charge is 0.392 e. The van der Waals surface area contributed by atoms with E-state index in [1.54, 1.807) is 13.0 Å². The molecule has 0 amide bonds. The molecule has 0 spiro atoms. The van der Waals surface area contributed by atoms with E-state index in [0.29, 0.717) is 5.69 Å².